The molecule has 1 heterocycles. The van der Waals surface area contributed by atoms with Gasteiger partial charge in [-0.2, -0.15) is 5.10 Å². The first-order valence-electron chi connectivity index (χ1n) is 5.46. The molecule has 0 aliphatic rings. The highest BCUT2D eigenvalue weighted by Crippen LogP contribution is 2.31. The first-order valence-corrected chi connectivity index (χ1v) is 6.25. The van der Waals surface area contributed by atoms with E-state index in [1.54, 1.807) is 0 Å². The Morgan fingerprint density at radius 1 is 1.39 bits per heavy atom. The van der Waals surface area contributed by atoms with Crippen molar-refractivity contribution in [2.24, 2.45) is 0 Å². The zero-order valence-electron chi connectivity index (χ0n) is 9.73. The number of aromatic nitrogens is 2. The third kappa shape index (κ3) is 2.59. The minimum Gasteiger partial charge on any atom is -0.319 e. The van der Waals surface area contributed by atoms with E-state index in [1.807, 2.05) is 7.05 Å². The third-order valence-electron chi connectivity index (χ3n) is 2.58. The molecule has 96 valence electrons. The van der Waals surface area contributed by atoms with Crippen LogP contribution in [0.3, 0.4) is 0 Å². The molecule has 0 spiro atoms. The van der Waals surface area contributed by atoms with Crippen molar-refractivity contribution in [3.05, 3.63) is 40.0 Å². The predicted octanol–water partition coefficient (Wildman–Crippen LogP) is 2.88. The molecular formula is C12H12BrF2N3. The fourth-order valence-corrected chi connectivity index (χ4v) is 2.23. The van der Waals surface area contributed by atoms with Gasteiger partial charge in [-0.05, 0) is 41.2 Å². The monoisotopic (exact) mass is 315 g/mol. The molecule has 0 fully saturated rings. The summed E-state index contributed by atoms with van der Waals surface area (Å²) in [6, 6.07) is 3.32. The second kappa shape index (κ2) is 5.58. The van der Waals surface area contributed by atoms with Crippen molar-refractivity contribution < 1.29 is 8.78 Å². The molecule has 0 aliphatic carbocycles. The molecule has 2 N–H and O–H groups in total. The quantitative estimate of drug-likeness (QED) is 0.911. The van der Waals surface area contributed by atoms with Crippen LogP contribution >= 0.6 is 15.9 Å². The van der Waals surface area contributed by atoms with Gasteiger partial charge >= 0.3 is 0 Å². The van der Waals surface area contributed by atoms with Crippen molar-refractivity contribution in [3.8, 4) is 11.3 Å². The summed E-state index contributed by atoms with van der Waals surface area (Å²) < 4.78 is 27.5. The summed E-state index contributed by atoms with van der Waals surface area (Å²) in [6.07, 6.45) is 0.723. The Morgan fingerprint density at radius 3 is 2.89 bits per heavy atom. The largest absolute Gasteiger partial charge is 0.319 e. The van der Waals surface area contributed by atoms with Gasteiger partial charge in [-0.3, -0.25) is 5.10 Å². The van der Waals surface area contributed by atoms with Gasteiger partial charge in [0.2, 0.25) is 0 Å². The number of nitrogens with zero attached hydrogens (tertiary/aromatic N) is 1. The molecule has 2 rings (SSSR count). The highest BCUT2D eigenvalue weighted by molar-refractivity contribution is 9.10. The standard InChI is InChI=1S/C12H12BrF2N3/c1-16-5-4-10-11(13)12(18-17-10)8-6-7(14)2-3-9(8)15/h2-3,6,16H,4-5H2,1H3,(H,17,18). The Balaban J connectivity index is 2.39. The Bertz CT molecular complexity index is 554. The topological polar surface area (TPSA) is 40.7 Å². The van der Waals surface area contributed by atoms with Crippen molar-refractivity contribution in [2.75, 3.05) is 13.6 Å². The van der Waals surface area contributed by atoms with Crippen LogP contribution in [0.4, 0.5) is 8.78 Å². The first-order chi connectivity index (χ1) is 8.63. The molecule has 1 aromatic carbocycles. The number of halogens is 3. The number of aromatic amines is 1. The van der Waals surface area contributed by atoms with Crippen LogP contribution in [-0.2, 0) is 6.42 Å². The highest BCUT2D eigenvalue weighted by Gasteiger charge is 2.16. The van der Waals surface area contributed by atoms with E-state index in [2.05, 4.69) is 31.4 Å². The molecule has 1 aromatic heterocycles. The number of hydrogen-bond acceptors (Lipinski definition) is 2. The molecule has 0 amide bonds. The van der Waals surface area contributed by atoms with Gasteiger partial charge in [0.25, 0.3) is 0 Å². The number of nitrogens with one attached hydrogen (secondary N) is 2. The second-order valence-electron chi connectivity index (χ2n) is 3.84. The number of benzene rings is 1. The van der Waals surface area contributed by atoms with E-state index >= 15 is 0 Å². The number of likely N-dealkylation sites (N-methyl/N-ethyl adjacent to an activating group) is 1. The minimum atomic E-state index is -0.497. The van der Waals surface area contributed by atoms with Gasteiger partial charge in [0.1, 0.15) is 17.3 Å². The second-order valence-corrected chi connectivity index (χ2v) is 4.64. The van der Waals surface area contributed by atoms with E-state index in [1.165, 1.54) is 0 Å². The van der Waals surface area contributed by atoms with Crippen molar-refractivity contribution in [2.45, 2.75) is 6.42 Å². The third-order valence-corrected chi connectivity index (χ3v) is 3.44. The summed E-state index contributed by atoms with van der Waals surface area (Å²) in [5.41, 5.74) is 1.38. The van der Waals surface area contributed by atoms with Gasteiger partial charge in [-0.25, -0.2) is 8.78 Å². The minimum absolute atomic E-state index is 0.147. The van der Waals surface area contributed by atoms with Crippen LogP contribution in [0.2, 0.25) is 0 Å². The Hall–Kier alpha value is -1.27. The smallest absolute Gasteiger partial charge is 0.132 e. The maximum absolute atomic E-state index is 13.6. The Labute approximate surface area is 112 Å². The number of H-pyrrole nitrogens is 1. The first kappa shape index (κ1) is 13.2. The molecule has 0 saturated carbocycles. The predicted molar refractivity (Wildman–Crippen MR) is 69.3 cm³/mol. The van der Waals surface area contributed by atoms with Crippen LogP contribution < -0.4 is 5.32 Å². The summed E-state index contributed by atoms with van der Waals surface area (Å²) in [6.45, 7) is 0.770. The van der Waals surface area contributed by atoms with Gasteiger partial charge in [-0.1, -0.05) is 0 Å². The fraction of sp³-hybridized carbons (Fsp3) is 0.250. The molecule has 0 atom stereocenters. The molecule has 3 nitrogen and oxygen atoms in total. The number of hydrogen-bond donors (Lipinski definition) is 2. The molecule has 0 saturated heterocycles. The zero-order valence-corrected chi connectivity index (χ0v) is 11.3. The summed E-state index contributed by atoms with van der Waals surface area (Å²) >= 11 is 3.37. The average molecular weight is 316 g/mol. The maximum Gasteiger partial charge on any atom is 0.132 e. The van der Waals surface area contributed by atoms with Crippen LogP contribution in [0.5, 0.6) is 0 Å². The summed E-state index contributed by atoms with van der Waals surface area (Å²) in [5.74, 6) is -0.984. The van der Waals surface area contributed by atoms with Crippen LogP contribution in [0.1, 0.15) is 5.69 Å². The lowest BCUT2D eigenvalue weighted by Crippen LogP contribution is -2.10. The average Bonchev–Trinajstić information content (AvgIpc) is 2.71. The Kier molecular flexibility index (Phi) is 4.08. The normalized spacial score (nSPS) is 10.9. The van der Waals surface area contributed by atoms with Crippen LogP contribution in [0.25, 0.3) is 11.3 Å². The molecule has 6 heteroatoms. The fourth-order valence-electron chi connectivity index (χ4n) is 1.64. The molecular weight excluding hydrogens is 304 g/mol. The van der Waals surface area contributed by atoms with Gasteiger partial charge in [0.15, 0.2) is 0 Å². The van der Waals surface area contributed by atoms with E-state index in [0.29, 0.717) is 10.2 Å². The van der Waals surface area contributed by atoms with Crippen molar-refractivity contribution in [1.82, 2.24) is 15.5 Å². The highest BCUT2D eigenvalue weighted by atomic mass is 79.9. The van der Waals surface area contributed by atoms with Gasteiger partial charge in [0.05, 0.1) is 10.2 Å². The number of rotatable bonds is 4. The SMILES string of the molecule is CNCCc1[nH]nc(-c2cc(F)ccc2F)c1Br. The van der Waals surface area contributed by atoms with E-state index in [-0.39, 0.29) is 5.56 Å². The van der Waals surface area contributed by atoms with E-state index in [9.17, 15) is 8.78 Å². The van der Waals surface area contributed by atoms with Crippen molar-refractivity contribution in [3.63, 3.8) is 0 Å². The lowest BCUT2D eigenvalue weighted by molar-refractivity contribution is 0.602. The summed E-state index contributed by atoms with van der Waals surface area (Å²) in [7, 11) is 1.84. The van der Waals surface area contributed by atoms with Crippen LogP contribution in [0.15, 0.2) is 22.7 Å². The van der Waals surface area contributed by atoms with E-state index < -0.39 is 11.6 Å². The zero-order chi connectivity index (χ0) is 13.1. The maximum atomic E-state index is 13.6. The summed E-state index contributed by atoms with van der Waals surface area (Å²) in [5, 5.41) is 9.87. The van der Waals surface area contributed by atoms with E-state index in [4.69, 9.17) is 0 Å². The molecule has 0 bridgehead atoms. The van der Waals surface area contributed by atoms with Crippen LogP contribution in [0, 0.1) is 11.6 Å². The molecule has 0 aliphatic heterocycles. The summed E-state index contributed by atoms with van der Waals surface area (Å²) in [4.78, 5) is 0. The van der Waals surface area contributed by atoms with Gasteiger partial charge < -0.3 is 5.32 Å². The lowest BCUT2D eigenvalue weighted by atomic mass is 10.1. The molecule has 0 unspecified atom stereocenters. The van der Waals surface area contributed by atoms with Crippen molar-refractivity contribution >= 4 is 15.9 Å². The Morgan fingerprint density at radius 2 is 2.17 bits per heavy atom. The van der Waals surface area contributed by atoms with Gasteiger partial charge in [0, 0.05) is 18.5 Å². The van der Waals surface area contributed by atoms with E-state index in [0.717, 1.165) is 36.9 Å². The molecule has 0 radical (unpaired) electrons. The molecule has 18 heavy (non-hydrogen) atoms. The van der Waals surface area contributed by atoms with Crippen LogP contribution in [-0.4, -0.2) is 23.8 Å². The lowest BCUT2D eigenvalue weighted by Gasteiger charge is -2.01. The van der Waals surface area contributed by atoms with Crippen molar-refractivity contribution in [1.29, 1.82) is 0 Å². The van der Waals surface area contributed by atoms with Gasteiger partial charge in [-0.15, -0.1) is 0 Å². The molecule has 2 aromatic rings.